The van der Waals surface area contributed by atoms with Gasteiger partial charge in [-0.1, -0.05) is 12.8 Å². The Hall–Kier alpha value is -0.400. The summed E-state index contributed by atoms with van der Waals surface area (Å²) in [5.41, 5.74) is 0. The molecular weight excluding hydrogens is 372 g/mol. The predicted molar refractivity (Wildman–Crippen MR) is 102 cm³/mol. The van der Waals surface area contributed by atoms with Gasteiger partial charge < -0.3 is 40.9 Å². The van der Waals surface area contributed by atoms with Crippen LogP contribution in [0.1, 0.15) is 25.7 Å². The maximum atomic E-state index is 9.76. The topological polar surface area (TPSA) is 168 Å². The van der Waals surface area contributed by atoms with Crippen molar-refractivity contribution < 1.29 is 40.9 Å². The lowest BCUT2D eigenvalue weighted by atomic mass is 9.84. The first-order chi connectivity index (χ1) is 13.6. The van der Waals surface area contributed by atoms with Crippen LogP contribution in [0.25, 0.3) is 0 Å². The van der Waals surface area contributed by atoms with E-state index in [9.17, 15) is 40.9 Å². The van der Waals surface area contributed by atoms with Crippen LogP contribution in [-0.4, -0.2) is 140 Å². The Balaban J connectivity index is 3.36. The van der Waals surface area contributed by atoms with Crippen molar-refractivity contribution in [1.29, 1.82) is 0 Å². The van der Waals surface area contributed by atoms with Crippen molar-refractivity contribution in [2.24, 2.45) is 0 Å². The molecule has 0 spiro atoms. The summed E-state index contributed by atoms with van der Waals surface area (Å²) in [6.45, 7) is -2.98. The van der Waals surface area contributed by atoms with Gasteiger partial charge in [0.25, 0.3) is 0 Å². The van der Waals surface area contributed by atoms with Gasteiger partial charge in [-0.3, -0.25) is 9.80 Å². The molecule has 10 heteroatoms. The Morgan fingerprint density at radius 3 is 0.857 bits per heavy atom. The Morgan fingerprint density at radius 1 is 0.464 bits per heavy atom. The Morgan fingerprint density at radius 2 is 0.679 bits per heavy atom. The number of aliphatic hydroxyl groups is 8. The maximum absolute atomic E-state index is 9.76. The molecule has 28 heavy (non-hydrogen) atoms. The zero-order valence-electron chi connectivity index (χ0n) is 16.4. The van der Waals surface area contributed by atoms with E-state index >= 15 is 0 Å². The van der Waals surface area contributed by atoms with Gasteiger partial charge in [0.2, 0.25) is 0 Å². The van der Waals surface area contributed by atoms with Crippen molar-refractivity contribution in [3.05, 3.63) is 0 Å². The minimum Gasteiger partial charge on any atom is -0.395 e. The molecule has 0 radical (unpaired) electrons. The molecule has 8 N–H and O–H groups in total. The Kier molecular flexibility index (Phi) is 12.6. The van der Waals surface area contributed by atoms with Gasteiger partial charge in [0.15, 0.2) is 0 Å². The third-order valence-corrected chi connectivity index (χ3v) is 5.83. The van der Waals surface area contributed by atoms with Gasteiger partial charge in [-0.05, 0) is 12.8 Å². The average Bonchev–Trinajstić information content (AvgIpc) is 2.74. The molecule has 2 unspecified atom stereocenters. The first-order valence-corrected chi connectivity index (χ1v) is 9.99. The second kappa shape index (κ2) is 13.8. The first-order valence-electron chi connectivity index (χ1n) is 9.99. The van der Waals surface area contributed by atoms with Gasteiger partial charge in [0, 0.05) is 12.1 Å². The van der Waals surface area contributed by atoms with Crippen molar-refractivity contribution in [2.75, 3.05) is 52.9 Å². The fraction of sp³-hybridized carbons (Fsp3) is 1.00. The van der Waals surface area contributed by atoms with Crippen LogP contribution in [0.15, 0.2) is 0 Å². The van der Waals surface area contributed by atoms with E-state index in [1.54, 1.807) is 9.80 Å². The van der Waals surface area contributed by atoms with Crippen molar-refractivity contribution in [2.45, 2.75) is 61.9 Å². The zero-order chi connectivity index (χ0) is 21.1. The monoisotopic (exact) mass is 410 g/mol. The number of nitrogens with zero attached hydrogens (tertiary/aromatic N) is 2. The fourth-order valence-corrected chi connectivity index (χ4v) is 4.45. The molecule has 0 aromatic carbocycles. The predicted octanol–water partition coefficient (Wildman–Crippen LogP) is -3.69. The van der Waals surface area contributed by atoms with Gasteiger partial charge in [-0.25, -0.2) is 0 Å². The molecule has 0 amide bonds. The quantitative estimate of drug-likeness (QED) is 0.143. The summed E-state index contributed by atoms with van der Waals surface area (Å²) in [5.74, 6) is 0. The van der Waals surface area contributed by atoms with Crippen LogP contribution in [0, 0.1) is 0 Å². The van der Waals surface area contributed by atoms with E-state index in [1.807, 2.05) is 0 Å². The van der Waals surface area contributed by atoms with Crippen LogP contribution in [0.4, 0.5) is 0 Å². The molecule has 2 atom stereocenters. The average molecular weight is 411 g/mol. The SMILES string of the molecule is OCC(CO)N(C(CO)CO)C1CCCCC1N(C(CO)CO)C(CO)CO. The van der Waals surface area contributed by atoms with Gasteiger partial charge >= 0.3 is 0 Å². The van der Waals surface area contributed by atoms with Crippen LogP contribution in [-0.2, 0) is 0 Å². The lowest BCUT2D eigenvalue weighted by molar-refractivity contribution is -0.0961. The second-order valence-corrected chi connectivity index (χ2v) is 7.39. The van der Waals surface area contributed by atoms with Crippen LogP contribution in [0.3, 0.4) is 0 Å². The largest absolute Gasteiger partial charge is 0.395 e. The summed E-state index contributed by atoms with van der Waals surface area (Å²) in [6, 6.07) is -3.49. The van der Waals surface area contributed by atoms with E-state index in [0.717, 1.165) is 12.8 Å². The summed E-state index contributed by atoms with van der Waals surface area (Å²) in [6.07, 6.45) is 2.98. The molecule has 1 aliphatic carbocycles. The van der Waals surface area contributed by atoms with Crippen molar-refractivity contribution in [3.63, 3.8) is 0 Å². The Bertz CT molecular complexity index is 330. The number of rotatable bonds is 14. The van der Waals surface area contributed by atoms with Crippen LogP contribution in [0.5, 0.6) is 0 Å². The van der Waals surface area contributed by atoms with E-state index in [2.05, 4.69) is 0 Å². The molecule has 0 aromatic rings. The molecule has 0 heterocycles. The minimum absolute atomic E-state index is 0.330. The van der Waals surface area contributed by atoms with E-state index in [4.69, 9.17) is 0 Å². The first kappa shape index (κ1) is 25.6. The summed E-state index contributed by atoms with van der Waals surface area (Å²) in [5, 5.41) is 78.1. The lowest BCUT2D eigenvalue weighted by Crippen LogP contribution is -2.66. The molecule has 1 fully saturated rings. The van der Waals surface area contributed by atoms with Crippen LogP contribution in [0.2, 0.25) is 0 Å². The molecule has 1 aliphatic rings. The molecule has 168 valence electrons. The number of aliphatic hydroxyl groups excluding tert-OH is 8. The van der Waals surface area contributed by atoms with Crippen LogP contribution >= 0.6 is 0 Å². The van der Waals surface area contributed by atoms with E-state index in [0.29, 0.717) is 12.8 Å². The summed E-state index contributed by atoms with van der Waals surface area (Å²) >= 11 is 0. The maximum Gasteiger partial charge on any atom is 0.0609 e. The molecule has 1 saturated carbocycles. The van der Waals surface area contributed by atoms with Gasteiger partial charge in [-0.2, -0.15) is 0 Å². The molecule has 0 saturated heterocycles. The van der Waals surface area contributed by atoms with Crippen molar-refractivity contribution >= 4 is 0 Å². The van der Waals surface area contributed by atoms with Crippen molar-refractivity contribution in [1.82, 2.24) is 9.80 Å². The summed E-state index contributed by atoms with van der Waals surface area (Å²) in [7, 11) is 0. The minimum atomic E-state index is -0.708. The zero-order valence-corrected chi connectivity index (χ0v) is 16.4. The normalized spacial score (nSPS) is 21.2. The molecule has 0 bridgehead atoms. The summed E-state index contributed by atoms with van der Waals surface area (Å²) in [4.78, 5) is 3.43. The molecular formula is C18H38N2O8. The van der Waals surface area contributed by atoms with E-state index in [-0.39, 0.29) is 64.9 Å². The highest BCUT2D eigenvalue weighted by Crippen LogP contribution is 2.32. The second-order valence-electron chi connectivity index (χ2n) is 7.39. The van der Waals surface area contributed by atoms with E-state index in [1.165, 1.54) is 0 Å². The van der Waals surface area contributed by atoms with Gasteiger partial charge in [0.1, 0.15) is 0 Å². The molecule has 10 nitrogen and oxygen atoms in total. The smallest absolute Gasteiger partial charge is 0.0609 e. The lowest BCUT2D eigenvalue weighted by Gasteiger charge is -2.52. The van der Waals surface area contributed by atoms with Crippen molar-refractivity contribution in [3.8, 4) is 0 Å². The third kappa shape index (κ3) is 6.05. The standard InChI is InChI=1S/C18H38N2O8/c21-5-13(6-22)19(14(7-23)8-24)17-3-1-2-4-18(17)20(15(9-25)10-26)16(11-27)12-28/h13-18,21-28H,1-12H2. The highest BCUT2D eigenvalue weighted by atomic mass is 16.3. The number of hydrogen-bond donors (Lipinski definition) is 8. The van der Waals surface area contributed by atoms with Gasteiger partial charge in [0.05, 0.1) is 77.0 Å². The van der Waals surface area contributed by atoms with E-state index < -0.39 is 24.2 Å². The highest BCUT2D eigenvalue weighted by Gasteiger charge is 2.43. The van der Waals surface area contributed by atoms with Crippen LogP contribution < -0.4 is 0 Å². The molecule has 0 aliphatic heterocycles. The van der Waals surface area contributed by atoms with Gasteiger partial charge in [-0.15, -0.1) is 0 Å². The fourth-order valence-electron chi connectivity index (χ4n) is 4.45. The molecule has 0 aromatic heterocycles. The Labute approximate surface area is 166 Å². The third-order valence-electron chi connectivity index (χ3n) is 5.83. The highest BCUT2D eigenvalue weighted by molar-refractivity contribution is 4.98. The summed E-state index contributed by atoms with van der Waals surface area (Å²) < 4.78 is 0. The molecule has 1 rings (SSSR count). The number of hydrogen-bond acceptors (Lipinski definition) is 10.